The fourth-order valence-corrected chi connectivity index (χ4v) is 2.56. The van der Waals surface area contributed by atoms with E-state index in [0.29, 0.717) is 36.2 Å². The summed E-state index contributed by atoms with van der Waals surface area (Å²) in [5.41, 5.74) is 0. The Morgan fingerprint density at radius 3 is 2.88 bits per heavy atom. The second kappa shape index (κ2) is 5.11. The van der Waals surface area contributed by atoms with Crippen LogP contribution in [0.4, 0.5) is 0 Å². The SMILES string of the molecule is O=C(CCS)N1CC(c2nnc(CO)s2)C1. The van der Waals surface area contributed by atoms with Gasteiger partial charge in [0.2, 0.25) is 5.91 Å². The maximum atomic E-state index is 11.5. The average molecular weight is 259 g/mol. The van der Waals surface area contributed by atoms with Crippen LogP contribution < -0.4 is 0 Å². The summed E-state index contributed by atoms with van der Waals surface area (Å²) < 4.78 is 0. The van der Waals surface area contributed by atoms with Crippen molar-refractivity contribution < 1.29 is 9.90 Å². The molecule has 1 aromatic rings. The van der Waals surface area contributed by atoms with Gasteiger partial charge in [-0.25, -0.2) is 0 Å². The monoisotopic (exact) mass is 259 g/mol. The van der Waals surface area contributed by atoms with Crippen molar-refractivity contribution in [3.8, 4) is 0 Å². The normalized spacial score (nSPS) is 16.2. The minimum atomic E-state index is -0.0628. The van der Waals surface area contributed by atoms with Gasteiger partial charge in [-0.05, 0) is 5.75 Å². The molecular weight excluding hydrogens is 246 g/mol. The lowest BCUT2D eigenvalue weighted by atomic mass is 10.0. The van der Waals surface area contributed by atoms with Gasteiger partial charge in [-0.3, -0.25) is 4.79 Å². The van der Waals surface area contributed by atoms with Gasteiger partial charge in [0.25, 0.3) is 0 Å². The number of hydrogen-bond acceptors (Lipinski definition) is 6. The summed E-state index contributed by atoms with van der Waals surface area (Å²) >= 11 is 5.45. The Hall–Kier alpha value is -0.660. The first-order chi connectivity index (χ1) is 7.74. The number of aliphatic hydroxyl groups excluding tert-OH is 1. The molecule has 1 fully saturated rings. The molecule has 0 saturated carbocycles. The highest BCUT2D eigenvalue weighted by atomic mass is 32.1. The Morgan fingerprint density at radius 2 is 2.31 bits per heavy atom. The van der Waals surface area contributed by atoms with Gasteiger partial charge in [0.15, 0.2) is 0 Å². The summed E-state index contributed by atoms with van der Waals surface area (Å²) in [6, 6.07) is 0. The van der Waals surface area contributed by atoms with Crippen molar-refractivity contribution in [2.24, 2.45) is 0 Å². The van der Waals surface area contributed by atoms with Gasteiger partial charge in [0, 0.05) is 25.4 Å². The first kappa shape index (κ1) is 11.8. The smallest absolute Gasteiger partial charge is 0.223 e. The van der Waals surface area contributed by atoms with Gasteiger partial charge < -0.3 is 10.0 Å². The van der Waals surface area contributed by atoms with Crippen molar-refractivity contribution in [3.05, 3.63) is 10.0 Å². The number of hydrogen-bond donors (Lipinski definition) is 2. The van der Waals surface area contributed by atoms with E-state index >= 15 is 0 Å². The Bertz CT molecular complexity index is 377. The lowest BCUT2D eigenvalue weighted by Gasteiger charge is -2.37. The fraction of sp³-hybridized carbons (Fsp3) is 0.667. The minimum Gasteiger partial charge on any atom is -0.389 e. The van der Waals surface area contributed by atoms with E-state index in [1.165, 1.54) is 11.3 Å². The Balaban J connectivity index is 1.86. The van der Waals surface area contributed by atoms with Gasteiger partial charge >= 0.3 is 0 Å². The van der Waals surface area contributed by atoms with Crippen LogP contribution in [0.3, 0.4) is 0 Å². The zero-order chi connectivity index (χ0) is 11.5. The Labute approximate surface area is 103 Å². The Kier molecular flexibility index (Phi) is 3.78. The van der Waals surface area contributed by atoms with Crippen LogP contribution in [0.25, 0.3) is 0 Å². The van der Waals surface area contributed by atoms with E-state index in [0.717, 1.165) is 5.01 Å². The molecule has 1 N–H and O–H groups in total. The number of thiol groups is 1. The van der Waals surface area contributed by atoms with E-state index in [2.05, 4.69) is 22.8 Å². The molecule has 16 heavy (non-hydrogen) atoms. The zero-order valence-corrected chi connectivity index (χ0v) is 10.4. The van der Waals surface area contributed by atoms with Crippen LogP contribution in [0.5, 0.6) is 0 Å². The van der Waals surface area contributed by atoms with Gasteiger partial charge in [0.1, 0.15) is 10.0 Å². The maximum Gasteiger partial charge on any atom is 0.223 e. The van der Waals surface area contributed by atoms with Crippen LogP contribution in [0.15, 0.2) is 0 Å². The molecule has 1 aliphatic rings. The average Bonchev–Trinajstić information content (AvgIpc) is 2.64. The summed E-state index contributed by atoms with van der Waals surface area (Å²) in [5.74, 6) is 1.04. The van der Waals surface area contributed by atoms with Gasteiger partial charge in [-0.15, -0.1) is 10.2 Å². The van der Waals surface area contributed by atoms with Crippen molar-refractivity contribution in [3.63, 3.8) is 0 Å². The quantitative estimate of drug-likeness (QED) is 0.762. The molecule has 1 amide bonds. The molecule has 0 spiro atoms. The number of amides is 1. The number of aromatic nitrogens is 2. The predicted octanol–water partition coefficient (Wildman–Crippen LogP) is 0.276. The second-order valence-electron chi connectivity index (χ2n) is 3.66. The largest absolute Gasteiger partial charge is 0.389 e. The number of nitrogens with zero attached hydrogens (tertiary/aromatic N) is 3. The lowest BCUT2D eigenvalue weighted by Crippen LogP contribution is -2.48. The molecule has 0 unspecified atom stereocenters. The van der Waals surface area contributed by atoms with Crippen molar-refractivity contribution in [1.29, 1.82) is 0 Å². The van der Waals surface area contributed by atoms with Crippen molar-refractivity contribution in [2.75, 3.05) is 18.8 Å². The highest BCUT2D eigenvalue weighted by molar-refractivity contribution is 7.80. The maximum absolute atomic E-state index is 11.5. The molecule has 1 aliphatic heterocycles. The minimum absolute atomic E-state index is 0.0628. The molecule has 7 heteroatoms. The summed E-state index contributed by atoms with van der Waals surface area (Å²) in [6.45, 7) is 1.37. The standard InChI is InChI=1S/C9H13N3O2S2/c13-5-7-10-11-9(16-7)6-3-12(4-6)8(14)1-2-15/h6,13,15H,1-5H2. The molecule has 1 saturated heterocycles. The van der Waals surface area contributed by atoms with Gasteiger partial charge in [-0.2, -0.15) is 12.6 Å². The summed E-state index contributed by atoms with van der Waals surface area (Å²) in [4.78, 5) is 13.3. The van der Waals surface area contributed by atoms with E-state index in [-0.39, 0.29) is 12.5 Å². The highest BCUT2D eigenvalue weighted by Crippen LogP contribution is 2.29. The molecule has 0 aliphatic carbocycles. The van der Waals surface area contributed by atoms with Crippen LogP contribution in [-0.4, -0.2) is 45.0 Å². The third-order valence-corrected chi connectivity index (χ3v) is 3.82. The van der Waals surface area contributed by atoms with Crippen molar-refractivity contribution in [2.45, 2.75) is 18.9 Å². The van der Waals surface area contributed by atoms with Gasteiger partial charge in [0.05, 0.1) is 6.61 Å². The number of rotatable bonds is 4. The molecule has 1 aromatic heterocycles. The third kappa shape index (κ3) is 2.36. The number of aliphatic hydroxyl groups is 1. The molecule has 5 nitrogen and oxygen atoms in total. The fourth-order valence-electron chi connectivity index (χ4n) is 1.59. The molecule has 88 valence electrons. The van der Waals surface area contributed by atoms with Crippen LogP contribution >= 0.6 is 24.0 Å². The van der Waals surface area contributed by atoms with E-state index < -0.39 is 0 Å². The molecule has 2 rings (SSSR count). The van der Waals surface area contributed by atoms with E-state index in [4.69, 9.17) is 5.11 Å². The third-order valence-electron chi connectivity index (χ3n) is 2.53. The van der Waals surface area contributed by atoms with Crippen LogP contribution in [0.1, 0.15) is 22.4 Å². The molecule has 2 heterocycles. The van der Waals surface area contributed by atoms with E-state index in [1.54, 1.807) is 4.90 Å². The van der Waals surface area contributed by atoms with Crippen molar-refractivity contribution in [1.82, 2.24) is 15.1 Å². The molecule has 0 atom stereocenters. The molecule has 0 bridgehead atoms. The summed E-state index contributed by atoms with van der Waals surface area (Å²) in [6.07, 6.45) is 0.494. The van der Waals surface area contributed by atoms with Crippen LogP contribution in [0, 0.1) is 0 Å². The number of carbonyl (C=O) groups excluding carboxylic acids is 1. The van der Waals surface area contributed by atoms with Crippen LogP contribution in [-0.2, 0) is 11.4 Å². The van der Waals surface area contributed by atoms with Crippen molar-refractivity contribution >= 4 is 29.9 Å². The van der Waals surface area contributed by atoms with E-state index in [1.807, 2.05) is 0 Å². The molecule has 0 aromatic carbocycles. The lowest BCUT2D eigenvalue weighted by molar-refractivity contribution is -0.135. The number of carbonyl (C=O) groups is 1. The first-order valence-electron chi connectivity index (χ1n) is 5.06. The summed E-state index contributed by atoms with van der Waals surface area (Å²) in [7, 11) is 0. The second-order valence-corrected chi connectivity index (χ2v) is 5.20. The first-order valence-corrected chi connectivity index (χ1v) is 6.51. The number of likely N-dealkylation sites (tertiary alicyclic amines) is 1. The highest BCUT2D eigenvalue weighted by Gasteiger charge is 2.33. The molecule has 0 radical (unpaired) electrons. The van der Waals surface area contributed by atoms with E-state index in [9.17, 15) is 4.79 Å². The van der Waals surface area contributed by atoms with Gasteiger partial charge in [-0.1, -0.05) is 11.3 Å². The topological polar surface area (TPSA) is 66.3 Å². The molecular formula is C9H13N3O2S2. The Morgan fingerprint density at radius 1 is 1.56 bits per heavy atom. The predicted molar refractivity (Wildman–Crippen MR) is 63.6 cm³/mol. The summed E-state index contributed by atoms with van der Waals surface area (Å²) in [5, 5.41) is 18.3. The zero-order valence-electron chi connectivity index (χ0n) is 8.67. The van der Waals surface area contributed by atoms with Crippen LogP contribution in [0.2, 0.25) is 0 Å².